The second kappa shape index (κ2) is 9.35. The average molecular weight is 323 g/mol. The molecule has 122 valence electrons. The standard InChI is InChI=1S/C16H25N3O2S/c1-12(15(20)21-4)10-18-16(17-2)19(3)11-13-6-8-14(22-5)9-7-13/h6-9,12H,10-11H2,1-5H3,(H,17,18). The van der Waals surface area contributed by atoms with E-state index in [1.165, 1.54) is 17.6 Å². The highest BCUT2D eigenvalue weighted by atomic mass is 32.2. The first-order valence-electron chi connectivity index (χ1n) is 7.14. The van der Waals surface area contributed by atoms with E-state index < -0.39 is 0 Å². The van der Waals surface area contributed by atoms with E-state index in [4.69, 9.17) is 4.74 Å². The minimum absolute atomic E-state index is 0.212. The normalized spacial score (nSPS) is 12.7. The molecule has 0 saturated carbocycles. The van der Waals surface area contributed by atoms with Crippen LogP contribution in [0.4, 0.5) is 0 Å². The van der Waals surface area contributed by atoms with Crippen LogP contribution in [0.1, 0.15) is 12.5 Å². The highest BCUT2D eigenvalue weighted by Gasteiger charge is 2.14. The molecule has 1 atom stereocenters. The molecule has 1 aromatic rings. The van der Waals surface area contributed by atoms with Crippen LogP contribution in [-0.2, 0) is 16.1 Å². The van der Waals surface area contributed by atoms with Crippen molar-refractivity contribution < 1.29 is 9.53 Å². The Kier molecular flexibility index (Phi) is 7.80. The number of thioether (sulfide) groups is 1. The number of benzene rings is 1. The average Bonchev–Trinajstić information content (AvgIpc) is 2.55. The highest BCUT2D eigenvalue weighted by molar-refractivity contribution is 7.98. The number of carbonyl (C=O) groups excluding carboxylic acids is 1. The number of nitrogens with one attached hydrogen (secondary N) is 1. The molecule has 0 bridgehead atoms. The number of hydrogen-bond acceptors (Lipinski definition) is 4. The Balaban J connectivity index is 2.57. The second-order valence-electron chi connectivity index (χ2n) is 5.06. The number of aliphatic imine (C=N–C) groups is 1. The van der Waals surface area contributed by atoms with Crippen molar-refractivity contribution in [3.8, 4) is 0 Å². The van der Waals surface area contributed by atoms with Gasteiger partial charge in [0.05, 0.1) is 13.0 Å². The predicted molar refractivity (Wildman–Crippen MR) is 92.2 cm³/mol. The number of carbonyl (C=O) groups is 1. The molecule has 1 aromatic carbocycles. The maximum atomic E-state index is 11.4. The summed E-state index contributed by atoms with van der Waals surface area (Å²) >= 11 is 1.73. The van der Waals surface area contributed by atoms with E-state index in [9.17, 15) is 4.79 Å². The van der Waals surface area contributed by atoms with Gasteiger partial charge in [-0.15, -0.1) is 11.8 Å². The SMILES string of the molecule is CN=C(NCC(C)C(=O)OC)N(C)Cc1ccc(SC)cc1. The van der Waals surface area contributed by atoms with E-state index in [0.29, 0.717) is 6.54 Å². The predicted octanol–water partition coefficient (Wildman–Crippen LogP) is 2.22. The zero-order chi connectivity index (χ0) is 16.5. The quantitative estimate of drug-likeness (QED) is 0.376. The summed E-state index contributed by atoms with van der Waals surface area (Å²) in [5, 5.41) is 3.20. The number of esters is 1. The number of hydrogen-bond donors (Lipinski definition) is 1. The second-order valence-corrected chi connectivity index (χ2v) is 5.94. The lowest BCUT2D eigenvalue weighted by atomic mass is 10.2. The molecule has 0 fully saturated rings. The lowest BCUT2D eigenvalue weighted by molar-refractivity contribution is -0.144. The summed E-state index contributed by atoms with van der Waals surface area (Å²) in [4.78, 5) is 18.9. The molecular formula is C16H25N3O2S. The monoisotopic (exact) mass is 323 g/mol. The molecular weight excluding hydrogens is 298 g/mol. The van der Waals surface area contributed by atoms with Gasteiger partial charge in [-0.25, -0.2) is 0 Å². The van der Waals surface area contributed by atoms with Gasteiger partial charge >= 0.3 is 5.97 Å². The molecule has 0 aliphatic heterocycles. The molecule has 0 heterocycles. The molecule has 0 amide bonds. The van der Waals surface area contributed by atoms with Crippen LogP contribution in [0.3, 0.4) is 0 Å². The summed E-state index contributed by atoms with van der Waals surface area (Å²) in [5.74, 6) is 0.318. The Morgan fingerprint density at radius 3 is 2.55 bits per heavy atom. The van der Waals surface area contributed by atoms with Crippen molar-refractivity contribution in [1.82, 2.24) is 10.2 Å². The van der Waals surface area contributed by atoms with E-state index in [2.05, 4.69) is 40.8 Å². The van der Waals surface area contributed by atoms with E-state index in [1.807, 2.05) is 18.9 Å². The zero-order valence-corrected chi connectivity index (χ0v) is 14.7. The Bertz CT molecular complexity index is 503. The first-order valence-corrected chi connectivity index (χ1v) is 8.36. The topological polar surface area (TPSA) is 53.9 Å². The molecule has 0 spiro atoms. The van der Waals surface area contributed by atoms with Gasteiger partial charge in [0, 0.05) is 32.1 Å². The molecule has 1 unspecified atom stereocenters. The van der Waals surface area contributed by atoms with Crippen LogP contribution in [0.2, 0.25) is 0 Å². The molecule has 1 rings (SSSR count). The van der Waals surface area contributed by atoms with Crippen LogP contribution in [0.5, 0.6) is 0 Å². The van der Waals surface area contributed by atoms with Gasteiger partial charge in [-0.2, -0.15) is 0 Å². The third-order valence-electron chi connectivity index (χ3n) is 3.32. The molecule has 0 radical (unpaired) electrons. The van der Waals surface area contributed by atoms with Crippen molar-refractivity contribution in [3.63, 3.8) is 0 Å². The first kappa shape index (κ1) is 18.4. The van der Waals surface area contributed by atoms with Gasteiger partial charge < -0.3 is 15.0 Å². The van der Waals surface area contributed by atoms with Gasteiger partial charge in [-0.1, -0.05) is 19.1 Å². The van der Waals surface area contributed by atoms with Crippen molar-refractivity contribution >= 4 is 23.7 Å². The van der Waals surface area contributed by atoms with E-state index in [-0.39, 0.29) is 11.9 Å². The van der Waals surface area contributed by atoms with Gasteiger partial charge in [0.1, 0.15) is 0 Å². The Morgan fingerprint density at radius 1 is 1.41 bits per heavy atom. The third-order valence-corrected chi connectivity index (χ3v) is 4.07. The van der Waals surface area contributed by atoms with Gasteiger partial charge in [0.15, 0.2) is 5.96 Å². The van der Waals surface area contributed by atoms with Crippen LogP contribution in [-0.4, -0.2) is 50.8 Å². The number of nitrogens with zero attached hydrogens (tertiary/aromatic N) is 2. The summed E-state index contributed by atoms with van der Waals surface area (Å²) in [6, 6.07) is 8.46. The number of ether oxygens (including phenoxy) is 1. The largest absolute Gasteiger partial charge is 0.469 e. The molecule has 6 heteroatoms. The molecule has 1 N–H and O–H groups in total. The third kappa shape index (κ3) is 5.60. The van der Waals surface area contributed by atoms with Crippen LogP contribution in [0.25, 0.3) is 0 Å². The molecule has 0 aromatic heterocycles. The fraction of sp³-hybridized carbons (Fsp3) is 0.500. The Morgan fingerprint density at radius 2 is 2.05 bits per heavy atom. The molecule has 0 aliphatic carbocycles. The van der Waals surface area contributed by atoms with Gasteiger partial charge in [-0.3, -0.25) is 9.79 Å². The van der Waals surface area contributed by atoms with Crippen LogP contribution in [0, 0.1) is 5.92 Å². The smallest absolute Gasteiger partial charge is 0.310 e. The number of methoxy groups -OCH3 is 1. The van der Waals surface area contributed by atoms with Crippen LogP contribution in [0.15, 0.2) is 34.2 Å². The number of guanidine groups is 1. The van der Waals surface area contributed by atoms with E-state index >= 15 is 0 Å². The lowest BCUT2D eigenvalue weighted by Gasteiger charge is -2.23. The van der Waals surface area contributed by atoms with E-state index in [1.54, 1.807) is 18.8 Å². The minimum Gasteiger partial charge on any atom is -0.469 e. The number of rotatable bonds is 6. The van der Waals surface area contributed by atoms with Gasteiger partial charge in [-0.05, 0) is 24.0 Å². The lowest BCUT2D eigenvalue weighted by Crippen LogP contribution is -2.41. The van der Waals surface area contributed by atoms with Crippen molar-refractivity contribution in [3.05, 3.63) is 29.8 Å². The van der Waals surface area contributed by atoms with Crippen molar-refractivity contribution in [2.45, 2.75) is 18.4 Å². The van der Waals surface area contributed by atoms with Crippen LogP contribution >= 0.6 is 11.8 Å². The van der Waals surface area contributed by atoms with Crippen molar-refractivity contribution in [2.75, 3.05) is 34.0 Å². The fourth-order valence-electron chi connectivity index (χ4n) is 1.99. The maximum Gasteiger partial charge on any atom is 0.310 e. The fourth-order valence-corrected chi connectivity index (χ4v) is 2.40. The van der Waals surface area contributed by atoms with Crippen molar-refractivity contribution in [2.24, 2.45) is 10.9 Å². The minimum atomic E-state index is -0.224. The van der Waals surface area contributed by atoms with Gasteiger partial charge in [0.2, 0.25) is 0 Å². The summed E-state index contributed by atoms with van der Waals surface area (Å²) < 4.78 is 4.72. The first-order chi connectivity index (χ1) is 10.5. The van der Waals surface area contributed by atoms with Gasteiger partial charge in [0.25, 0.3) is 0 Å². The van der Waals surface area contributed by atoms with E-state index in [0.717, 1.165) is 12.5 Å². The summed E-state index contributed by atoms with van der Waals surface area (Å²) in [7, 11) is 5.11. The summed E-state index contributed by atoms with van der Waals surface area (Å²) in [5.41, 5.74) is 1.21. The molecule has 0 aliphatic rings. The van der Waals surface area contributed by atoms with Crippen molar-refractivity contribution in [1.29, 1.82) is 0 Å². The highest BCUT2D eigenvalue weighted by Crippen LogP contribution is 2.15. The van der Waals surface area contributed by atoms with Crippen LogP contribution < -0.4 is 5.32 Å². The maximum absolute atomic E-state index is 11.4. The Hall–Kier alpha value is -1.69. The zero-order valence-electron chi connectivity index (χ0n) is 13.9. The molecule has 22 heavy (non-hydrogen) atoms. The summed E-state index contributed by atoms with van der Waals surface area (Å²) in [6.45, 7) is 3.07. The molecule has 5 nitrogen and oxygen atoms in total. The molecule has 0 saturated heterocycles. The Labute approximate surface area is 137 Å². The summed E-state index contributed by atoms with van der Waals surface area (Å²) in [6.07, 6.45) is 2.06.